The maximum atomic E-state index is 13.3. The van der Waals surface area contributed by atoms with Gasteiger partial charge in [0, 0.05) is 13.1 Å². The fourth-order valence-electron chi connectivity index (χ4n) is 3.83. The predicted octanol–water partition coefficient (Wildman–Crippen LogP) is 3.01. The van der Waals surface area contributed by atoms with Crippen molar-refractivity contribution in [3.05, 3.63) is 41.3 Å². The molecule has 2 atom stereocenters. The lowest BCUT2D eigenvalue weighted by Gasteiger charge is -2.45. The first-order chi connectivity index (χ1) is 14.1. The number of aromatic nitrogens is 2. The van der Waals surface area contributed by atoms with Gasteiger partial charge in [-0.15, -0.1) is 0 Å². The van der Waals surface area contributed by atoms with Crippen LogP contribution in [0.1, 0.15) is 32.3 Å². The number of aliphatic hydroxyl groups excluding tert-OH is 1. The molecule has 30 heavy (non-hydrogen) atoms. The molecule has 0 bridgehead atoms. The van der Waals surface area contributed by atoms with Gasteiger partial charge in [0.1, 0.15) is 6.23 Å². The maximum Gasteiger partial charge on any atom is 0.224 e. The second-order valence-corrected chi connectivity index (χ2v) is 8.23. The number of aliphatic hydroxyl groups is 1. The van der Waals surface area contributed by atoms with Crippen LogP contribution in [0.2, 0.25) is 0 Å². The highest BCUT2D eigenvalue weighted by Crippen LogP contribution is 2.38. The van der Waals surface area contributed by atoms with Gasteiger partial charge in [-0.3, -0.25) is 0 Å². The number of nitrogens with one attached hydrogen (secondary N) is 2. The van der Waals surface area contributed by atoms with Crippen molar-refractivity contribution in [1.29, 1.82) is 0 Å². The Morgan fingerprint density at radius 3 is 2.63 bits per heavy atom. The minimum Gasteiger partial charge on any atom is -0.372 e. The molecule has 1 fully saturated rings. The molecule has 10 heteroatoms. The van der Waals surface area contributed by atoms with Gasteiger partial charge in [-0.2, -0.15) is 4.98 Å². The molecule has 162 valence electrons. The Balaban J connectivity index is 1.34. The van der Waals surface area contributed by atoms with E-state index in [1.165, 1.54) is 0 Å². The lowest BCUT2D eigenvalue weighted by Crippen LogP contribution is -2.50. The van der Waals surface area contributed by atoms with Crippen molar-refractivity contribution < 1.29 is 23.0 Å². The summed E-state index contributed by atoms with van der Waals surface area (Å²) in [4.78, 5) is 10.7. The predicted molar refractivity (Wildman–Crippen MR) is 106 cm³/mol. The summed E-state index contributed by atoms with van der Waals surface area (Å²) in [5.41, 5.74) is 0.438. The van der Waals surface area contributed by atoms with Crippen LogP contribution in [0, 0.1) is 17.5 Å². The zero-order valence-electron chi connectivity index (χ0n) is 16.9. The number of hydrogen-bond acceptors (Lipinski definition) is 7. The van der Waals surface area contributed by atoms with Crippen LogP contribution in [-0.4, -0.2) is 46.0 Å². The van der Waals surface area contributed by atoms with Gasteiger partial charge in [0.15, 0.2) is 23.3 Å². The molecular formula is C20H24F3N5O2. The van der Waals surface area contributed by atoms with Crippen molar-refractivity contribution in [3.8, 4) is 0 Å². The maximum absolute atomic E-state index is 13.3. The highest BCUT2D eigenvalue weighted by atomic mass is 19.2. The van der Waals surface area contributed by atoms with Crippen LogP contribution < -0.4 is 15.5 Å². The topological polar surface area (TPSA) is 82.5 Å². The zero-order valence-corrected chi connectivity index (χ0v) is 16.9. The number of nitrogens with zero attached hydrogens (tertiary/aromatic N) is 3. The second kappa shape index (κ2) is 7.59. The van der Waals surface area contributed by atoms with E-state index in [1.54, 1.807) is 6.20 Å². The van der Waals surface area contributed by atoms with Crippen molar-refractivity contribution >= 4 is 17.5 Å². The van der Waals surface area contributed by atoms with Crippen molar-refractivity contribution in [2.45, 2.75) is 57.2 Å². The van der Waals surface area contributed by atoms with Crippen LogP contribution >= 0.6 is 0 Å². The number of fused-ring (bicyclic) bond motifs is 1. The molecule has 7 nitrogen and oxygen atoms in total. The molecule has 4 rings (SSSR count). The van der Waals surface area contributed by atoms with Crippen molar-refractivity contribution in [1.82, 2.24) is 9.97 Å². The number of hydrogen-bond donors (Lipinski definition) is 3. The largest absolute Gasteiger partial charge is 0.372 e. The first kappa shape index (κ1) is 20.7. The number of anilines is 3. The van der Waals surface area contributed by atoms with Crippen LogP contribution in [-0.2, 0) is 11.3 Å². The molecular weight excluding hydrogens is 399 g/mol. The molecule has 2 aliphatic rings. The Kier molecular flexibility index (Phi) is 5.23. The Bertz CT molecular complexity index is 931. The summed E-state index contributed by atoms with van der Waals surface area (Å²) in [6, 6.07) is 1.83. The third-order valence-corrected chi connectivity index (χ3v) is 5.79. The SMILES string of the molecule is C[C@H]1C(O)Nc2cnc(NC3CC(C)(OCc4cc(F)c(F)c(F)c4)C3)nc2N1C. The van der Waals surface area contributed by atoms with Gasteiger partial charge in [-0.25, -0.2) is 18.2 Å². The standard InChI is InChI=1S/C20H24F3N5O2/c1-10-18(29)26-15-8-24-19(27-17(15)28(10)3)25-12-6-20(2,7-12)30-9-11-4-13(21)16(23)14(22)5-11/h4-5,8,10,12,18,26,29H,6-7,9H2,1-3H3,(H,24,25,27)/t10-,12?,18?,20?/m0/s1. The number of halogens is 3. The summed E-state index contributed by atoms with van der Waals surface area (Å²) in [6.07, 6.45) is 2.24. The van der Waals surface area contributed by atoms with E-state index in [9.17, 15) is 18.3 Å². The third kappa shape index (κ3) is 3.89. The minimum absolute atomic E-state index is 0.0106. The van der Waals surface area contributed by atoms with Crippen LogP contribution in [0.3, 0.4) is 0 Å². The van der Waals surface area contributed by atoms with Gasteiger partial charge in [0.25, 0.3) is 0 Å². The Morgan fingerprint density at radius 1 is 1.30 bits per heavy atom. The molecule has 1 aromatic heterocycles. The van der Waals surface area contributed by atoms with E-state index in [0.717, 1.165) is 12.1 Å². The fraction of sp³-hybridized carbons (Fsp3) is 0.500. The molecule has 1 aliphatic carbocycles. The number of likely N-dealkylation sites (N-methyl/N-ethyl adjacent to an activating group) is 1. The molecule has 2 aromatic rings. The fourth-order valence-corrected chi connectivity index (χ4v) is 3.83. The lowest BCUT2D eigenvalue weighted by atomic mass is 9.77. The molecule has 3 N–H and O–H groups in total. The van der Waals surface area contributed by atoms with Crippen LogP contribution in [0.4, 0.5) is 30.6 Å². The Hall–Kier alpha value is -2.59. The molecule has 0 radical (unpaired) electrons. The number of benzene rings is 1. The average Bonchev–Trinajstić information content (AvgIpc) is 2.68. The van der Waals surface area contributed by atoms with E-state index >= 15 is 0 Å². The monoisotopic (exact) mass is 423 g/mol. The van der Waals surface area contributed by atoms with Gasteiger partial charge in [-0.1, -0.05) is 0 Å². The molecule has 0 saturated heterocycles. The van der Waals surface area contributed by atoms with Crippen LogP contribution in [0.25, 0.3) is 0 Å². The smallest absolute Gasteiger partial charge is 0.224 e. The van der Waals surface area contributed by atoms with E-state index in [2.05, 4.69) is 20.6 Å². The van der Waals surface area contributed by atoms with Gasteiger partial charge in [0.05, 0.1) is 30.1 Å². The molecule has 1 saturated carbocycles. The first-order valence-corrected chi connectivity index (χ1v) is 9.73. The van der Waals surface area contributed by atoms with Gasteiger partial charge < -0.3 is 25.4 Å². The van der Waals surface area contributed by atoms with E-state index < -0.39 is 29.3 Å². The summed E-state index contributed by atoms with van der Waals surface area (Å²) >= 11 is 0. The third-order valence-electron chi connectivity index (χ3n) is 5.79. The quantitative estimate of drug-likeness (QED) is 0.638. The van der Waals surface area contributed by atoms with Crippen LogP contribution in [0.15, 0.2) is 18.3 Å². The molecule has 0 spiro atoms. The first-order valence-electron chi connectivity index (χ1n) is 9.73. The van der Waals surface area contributed by atoms with Crippen molar-refractivity contribution in [3.63, 3.8) is 0 Å². The molecule has 1 aromatic carbocycles. The highest BCUT2D eigenvalue weighted by molar-refractivity contribution is 5.69. The second-order valence-electron chi connectivity index (χ2n) is 8.23. The minimum atomic E-state index is -1.48. The molecule has 1 aliphatic heterocycles. The average molecular weight is 423 g/mol. The molecule has 1 unspecified atom stereocenters. The summed E-state index contributed by atoms with van der Waals surface area (Å²) < 4.78 is 45.6. The van der Waals surface area contributed by atoms with Crippen molar-refractivity contribution in [2.75, 3.05) is 22.6 Å². The van der Waals surface area contributed by atoms with E-state index in [1.807, 2.05) is 25.8 Å². The van der Waals surface area contributed by atoms with Crippen LogP contribution in [0.5, 0.6) is 0 Å². The van der Waals surface area contributed by atoms with Crippen molar-refractivity contribution in [2.24, 2.45) is 0 Å². The van der Waals surface area contributed by atoms with E-state index in [0.29, 0.717) is 30.3 Å². The zero-order chi connectivity index (χ0) is 21.6. The van der Waals surface area contributed by atoms with Gasteiger partial charge in [0.2, 0.25) is 5.95 Å². The molecule has 2 heterocycles. The summed E-state index contributed by atoms with van der Waals surface area (Å²) in [5.74, 6) is -2.76. The molecule has 0 amide bonds. The lowest BCUT2D eigenvalue weighted by molar-refractivity contribution is -0.101. The summed E-state index contributed by atoms with van der Waals surface area (Å²) in [7, 11) is 1.86. The summed E-state index contributed by atoms with van der Waals surface area (Å²) in [5, 5.41) is 16.2. The number of ether oxygens (including phenoxy) is 1. The van der Waals surface area contributed by atoms with Gasteiger partial charge in [-0.05, 0) is 44.4 Å². The Morgan fingerprint density at radius 2 is 1.97 bits per heavy atom. The van der Waals surface area contributed by atoms with E-state index in [4.69, 9.17) is 4.74 Å². The summed E-state index contributed by atoms with van der Waals surface area (Å²) in [6.45, 7) is 3.79. The highest BCUT2D eigenvalue weighted by Gasteiger charge is 2.42. The van der Waals surface area contributed by atoms with E-state index in [-0.39, 0.29) is 24.3 Å². The Labute approximate surface area is 172 Å². The number of rotatable bonds is 5. The van der Waals surface area contributed by atoms with Gasteiger partial charge >= 0.3 is 0 Å². The normalized spacial score (nSPS) is 27.8.